The normalized spacial score (nSPS) is 14.9. The number of rotatable bonds is 4. The molecule has 19 heavy (non-hydrogen) atoms. The summed E-state index contributed by atoms with van der Waals surface area (Å²) in [6, 6.07) is 9.46. The molecular weight excluding hydrogens is 240 g/mol. The Morgan fingerprint density at radius 1 is 1.21 bits per heavy atom. The molecule has 1 heterocycles. The number of nitrogens with zero attached hydrogens (tertiary/aromatic N) is 1. The number of aromatic amines is 1. The summed E-state index contributed by atoms with van der Waals surface area (Å²) in [7, 11) is 0. The lowest BCUT2D eigenvalue weighted by atomic mass is 9.85. The largest absolute Gasteiger partial charge is 0.480 e. The van der Waals surface area contributed by atoms with Gasteiger partial charge in [-0.25, -0.2) is 4.98 Å². The van der Waals surface area contributed by atoms with Gasteiger partial charge < -0.3 is 14.8 Å². The molecule has 0 bridgehead atoms. The van der Waals surface area contributed by atoms with Crippen LogP contribution in [-0.2, 0) is 0 Å². The van der Waals surface area contributed by atoms with Crippen molar-refractivity contribution in [3.8, 4) is 5.75 Å². The second-order valence-electron chi connectivity index (χ2n) is 5.64. The molecule has 2 N–H and O–H groups in total. The van der Waals surface area contributed by atoms with E-state index in [0.717, 1.165) is 0 Å². The number of H-pyrrole nitrogens is 1. The minimum Gasteiger partial charge on any atom is -0.480 e. The number of benzene rings is 1. The number of aliphatic hydroxyl groups excluding tert-OH is 1. The van der Waals surface area contributed by atoms with Crippen molar-refractivity contribution < 1.29 is 9.84 Å². The Hall–Kier alpha value is -1.81. The maximum Gasteiger partial charge on any atom is 0.182 e. The van der Waals surface area contributed by atoms with Gasteiger partial charge in [0.15, 0.2) is 6.10 Å². The summed E-state index contributed by atoms with van der Waals surface area (Å²) in [6.45, 7) is 5.92. The molecule has 0 spiro atoms. The fourth-order valence-electron chi connectivity index (χ4n) is 1.80. The number of imidazole rings is 1. The molecule has 0 aliphatic carbocycles. The van der Waals surface area contributed by atoms with Crippen LogP contribution in [0.15, 0.2) is 42.7 Å². The third-order valence-electron chi connectivity index (χ3n) is 2.97. The molecule has 0 amide bonds. The van der Waals surface area contributed by atoms with Crippen LogP contribution in [0.1, 0.15) is 32.7 Å². The molecule has 2 unspecified atom stereocenters. The Labute approximate surface area is 113 Å². The van der Waals surface area contributed by atoms with Gasteiger partial charge in [-0.05, 0) is 17.5 Å². The minimum atomic E-state index is -0.668. The maximum atomic E-state index is 10.5. The topological polar surface area (TPSA) is 58.1 Å². The lowest BCUT2D eigenvalue weighted by molar-refractivity contribution is -0.0366. The number of aromatic nitrogens is 2. The number of nitrogens with one attached hydrogen (secondary N) is 1. The zero-order valence-electron chi connectivity index (χ0n) is 11.5. The van der Waals surface area contributed by atoms with Crippen LogP contribution >= 0.6 is 0 Å². The third-order valence-corrected chi connectivity index (χ3v) is 2.97. The molecule has 0 fully saturated rings. The molecule has 4 heteroatoms. The van der Waals surface area contributed by atoms with Crippen LogP contribution in [0, 0.1) is 5.41 Å². The zero-order chi connectivity index (χ0) is 13.9. The molecule has 2 aromatic rings. The molecule has 2 rings (SSSR count). The first kappa shape index (κ1) is 13.6. The first-order valence-corrected chi connectivity index (χ1v) is 6.37. The fourth-order valence-corrected chi connectivity index (χ4v) is 1.80. The summed E-state index contributed by atoms with van der Waals surface area (Å²) in [5.41, 5.74) is -0.299. The third kappa shape index (κ3) is 3.35. The van der Waals surface area contributed by atoms with Gasteiger partial charge in [0.1, 0.15) is 17.7 Å². The molecule has 2 atom stereocenters. The van der Waals surface area contributed by atoms with Crippen molar-refractivity contribution in [2.75, 3.05) is 0 Å². The smallest absolute Gasteiger partial charge is 0.182 e. The number of para-hydroxylation sites is 1. The highest BCUT2D eigenvalue weighted by Crippen LogP contribution is 2.32. The van der Waals surface area contributed by atoms with E-state index in [1.54, 1.807) is 12.4 Å². The molecule has 0 aliphatic rings. The summed E-state index contributed by atoms with van der Waals surface area (Å²) in [4.78, 5) is 7.22. The van der Waals surface area contributed by atoms with E-state index in [1.165, 1.54) is 0 Å². The van der Waals surface area contributed by atoms with Gasteiger partial charge >= 0.3 is 0 Å². The SMILES string of the molecule is CC(C)(C)C(O)C(Oc1ccccc1)c1ncc[nH]1. The minimum absolute atomic E-state index is 0.299. The quantitative estimate of drug-likeness (QED) is 0.888. The van der Waals surface area contributed by atoms with E-state index < -0.39 is 12.2 Å². The molecule has 0 saturated heterocycles. The summed E-state index contributed by atoms with van der Waals surface area (Å²) < 4.78 is 5.90. The molecular formula is C15H20N2O2. The summed E-state index contributed by atoms with van der Waals surface area (Å²) in [6.07, 6.45) is 2.20. The molecule has 1 aromatic heterocycles. The zero-order valence-corrected chi connectivity index (χ0v) is 11.5. The predicted octanol–water partition coefficient (Wildman–Crippen LogP) is 2.94. The number of hydrogen-bond acceptors (Lipinski definition) is 3. The molecule has 1 aromatic carbocycles. The second kappa shape index (κ2) is 5.45. The van der Waals surface area contributed by atoms with E-state index >= 15 is 0 Å². The molecule has 102 valence electrons. The lowest BCUT2D eigenvalue weighted by Crippen LogP contribution is -2.36. The first-order valence-electron chi connectivity index (χ1n) is 6.37. The highest BCUT2D eigenvalue weighted by molar-refractivity contribution is 5.22. The van der Waals surface area contributed by atoms with Crippen LogP contribution in [0.4, 0.5) is 0 Å². The summed E-state index contributed by atoms with van der Waals surface area (Å²) in [5.74, 6) is 1.35. The lowest BCUT2D eigenvalue weighted by Gasteiger charge is -2.32. The van der Waals surface area contributed by atoms with Crippen molar-refractivity contribution in [2.24, 2.45) is 5.41 Å². The molecule has 4 nitrogen and oxygen atoms in total. The number of aliphatic hydroxyl groups is 1. The van der Waals surface area contributed by atoms with Crippen LogP contribution in [0.5, 0.6) is 5.75 Å². The van der Waals surface area contributed by atoms with Crippen LogP contribution in [-0.4, -0.2) is 21.2 Å². The van der Waals surface area contributed by atoms with Crippen molar-refractivity contribution >= 4 is 0 Å². The van der Waals surface area contributed by atoms with Crippen molar-refractivity contribution in [3.05, 3.63) is 48.5 Å². The van der Waals surface area contributed by atoms with Gasteiger partial charge in [-0.1, -0.05) is 39.0 Å². The van der Waals surface area contributed by atoms with E-state index in [1.807, 2.05) is 51.1 Å². The van der Waals surface area contributed by atoms with Crippen molar-refractivity contribution in [1.29, 1.82) is 0 Å². The van der Waals surface area contributed by atoms with Gasteiger partial charge in [-0.15, -0.1) is 0 Å². The van der Waals surface area contributed by atoms with E-state index in [-0.39, 0.29) is 5.41 Å². The molecule has 0 saturated carbocycles. The van der Waals surface area contributed by atoms with E-state index in [9.17, 15) is 5.11 Å². The van der Waals surface area contributed by atoms with Gasteiger partial charge in [0.25, 0.3) is 0 Å². The van der Waals surface area contributed by atoms with Gasteiger partial charge in [0.2, 0.25) is 0 Å². The Morgan fingerprint density at radius 2 is 1.89 bits per heavy atom. The Bertz CT molecular complexity index is 489. The monoisotopic (exact) mass is 260 g/mol. The van der Waals surface area contributed by atoms with E-state index in [2.05, 4.69) is 9.97 Å². The summed E-state index contributed by atoms with van der Waals surface area (Å²) >= 11 is 0. The highest BCUT2D eigenvalue weighted by Gasteiger charge is 2.34. The average molecular weight is 260 g/mol. The van der Waals surface area contributed by atoms with Crippen LogP contribution in [0.2, 0.25) is 0 Å². The van der Waals surface area contributed by atoms with Crippen LogP contribution in [0.3, 0.4) is 0 Å². The van der Waals surface area contributed by atoms with Gasteiger partial charge in [-0.2, -0.15) is 0 Å². The standard InChI is InChI=1S/C15H20N2O2/c1-15(2,3)13(18)12(14-16-9-10-17-14)19-11-7-5-4-6-8-11/h4-10,12-13,18H,1-3H3,(H,16,17). The predicted molar refractivity (Wildman–Crippen MR) is 73.9 cm³/mol. The van der Waals surface area contributed by atoms with E-state index in [4.69, 9.17) is 4.74 Å². The fraction of sp³-hybridized carbons (Fsp3) is 0.400. The average Bonchev–Trinajstić information content (AvgIpc) is 2.89. The van der Waals surface area contributed by atoms with E-state index in [0.29, 0.717) is 11.6 Å². The van der Waals surface area contributed by atoms with Gasteiger partial charge in [0.05, 0.1) is 0 Å². The van der Waals surface area contributed by atoms with Gasteiger partial charge in [0, 0.05) is 12.4 Å². The van der Waals surface area contributed by atoms with Gasteiger partial charge in [-0.3, -0.25) is 0 Å². The Balaban J connectivity index is 2.25. The Morgan fingerprint density at radius 3 is 2.42 bits per heavy atom. The molecule has 0 radical (unpaired) electrons. The first-order chi connectivity index (χ1) is 8.98. The van der Waals surface area contributed by atoms with Crippen molar-refractivity contribution in [2.45, 2.75) is 33.0 Å². The molecule has 0 aliphatic heterocycles. The number of hydrogen-bond donors (Lipinski definition) is 2. The maximum absolute atomic E-state index is 10.5. The van der Waals surface area contributed by atoms with Crippen LogP contribution in [0.25, 0.3) is 0 Å². The summed E-state index contributed by atoms with van der Waals surface area (Å²) in [5, 5.41) is 10.5. The van der Waals surface area contributed by atoms with Crippen LogP contribution < -0.4 is 4.74 Å². The number of ether oxygens (including phenoxy) is 1. The van der Waals surface area contributed by atoms with Crippen molar-refractivity contribution in [1.82, 2.24) is 9.97 Å². The highest BCUT2D eigenvalue weighted by atomic mass is 16.5. The Kier molecular flexibility index (Phi) is 3.90. The second-order valence-corrected chi connectivity index (χ2v) is 5.64. The van der Waals surface area contributed by atoms with Crippen molar-refractivity contribution in [3.63, 3.8) is 0 Å².